The third-order valence-electron chi connectivity index (χ3n) is 1.24. The standard InChI is InChI=1S/C7H5O2.Hg/c8-7(9)6-4-2-1-3-5-6;/h1-4H,(H,8,9);/p-1. The molecule has 0 aliphatic heterocycles. The molecule has 0 spiro atoms. The maximum atomic E-state index is 10.3. The fourth-order valence-corrected chi connectivity index (χ4v) is 2.27. The molecule has 2 nitrogen and oxygen atoms in total. The summed E-state index contributed by atoms with van der Waals surface area (Å²) in [4.78, 5) is 10.3. The van der Waals surface area contributed by atoms with Crippen LogP contribution >= 0.6 is 0 Å². The minimum absolute atomic E-state index is 0.353. The van der Waals surface area contributed by atoms with Crippen molar-refractivity contribution in [3.8, 4) is 0 Å². The molecule has 3 heteroatoms. The zero-order valence-electron chi connectivity index (χ0n) is 5.33. The Balaban J connectivity index is 3.15. The van der Waals surface area contributed by atoms with Gasteiger partial charge in [-0.25, -0.2) is 0 Å². The van der Waals surface area contributed by atoms with E-state index in [9.17, 15) is 9.90 Å². The van der Waals surface area contributed by atoms with Gasteiger partial charge in [-0.3, -0.25) is 0 Å². The molecule has 0 atom stereocenters. The maximum absolute atomic E-state index is 10.3. The third-order valence-corrected chi connectivity index (χ3v) is 3.63. The molecule has 1 rings (SSSR count). The van der Waals surface area contributed by atoms with Gasteiger partial charge in [0.05, 0.1) is 0 Å². The predicted octanol–water partition coefficient (Wildman–Crippen LogP) is -0.778. The summed E-state index contributed by atoms with van der Waals surface area (Å²) in [5.41, 5.74) is 0.353. The quantitative estimate of drug-likeness (QED) is 0.637. The van der Waals surface area contributed by atoms with Crippen molar-refractivity contribution in [3.63, 3.8) is 0 Å². The van der Waals surface area contributed by atoms with Crippen molar-refractivity contribution in [1.82, 2.24) is 0 Å². The number of carbonyl (C=O) groups is 1. The molecule has 0 saturated carbocycles. The Morgan fingerprint density at radius 2 is 2.00 bits per heavy atom. The van der Waals surface area contributed by atoms with Crippen LogP contribution in [0.15, 0.2) is 24.3 Å². The van der Waals surface area contributed by atoms with Crippen LogP contribution in [0, 0.1) is 0 Å². The zero-order valence-corrected chi connectivity index (χ0v) is 10.8. The van der Waals surface area contributed by atoms with Crippen LogP contribution in [0.2, 0.25) is 0 Å². The van der Waals surface area contributed by atoms with E-state index in [0.717, 1.165) is 3.07 Å². The van der Waals surface area contributed by atoms with Crippen molar-refractivity contribution in [1.29, 1.82) is 0 Å². The number of hydrogen-bond acceptors (Lipinski definition) is 2. The molecule has 1 aromatic rings. The first-order valence-electron chi connectivity index (χ1n) is 2.84. The second-order valence-corrected chi connectivity index (χ2v) is 4.91. The molecule has 0 aliphatic carbocycles. The van der Waals surface area contributed by atoms with Gasteiger partial charge in [0.15, 0.2) is 0 Å². The second-order valence-electron chi connectivity index (χ2n) is 1.94. The van der Waals surface area contributed by atoms with Crippen molar-refractivity contribution < 1.29 is 36.0 Å². The fraction of sp³-hybridized carbons (Fsp3) is 0. The summed E-state index contributed by atoms with van der Waals surface area (Å²) >= 11 is 0.357. The Labute approximate surface area is 74.8 Å². The molecule has 0 saturated heterocycles. The normalized spacial score (nSPS) is 9.40. The van der Waals surface area contributed by atoms with E-state index in [1.807, 2.05) is 12.1 Å². The molecule has 0 bridgehead atoms. The molecule has 10 heavy (non-hydrogen) atoms. The molecule has 0 aliphatic rings. The van der Waals surface area contributed by atoms with E-state index in [0.29, 0.717) is 31.7 Å². The van der Waals surface area contributed by atoms with Crippen molar-refractivity contribution in [3.05, 3.63) is 29.8 Å². The number of hydrogen-bond donors (Lipinski definition) is 0. The van der Waals surface area contributed by atoms with Gasteiger partial charge < -0.3 is 0 Å². The summed E-state index contributed by atoms with van der Waals surface area (Å²) in [5.74, 6) is -1.06. The van der Waals surface area contributed by atoms with Gasteiger partial charge in [0.25, 0.3) is 0 Å². The van der Waals surface area contributed by atoms with Gasteiger partial charge >= 0.3 is 74.9 Å². The van der Waals surface area contributed by atoms with E-state index in [1.54, 1.807) is 12.1 Å². The van der Waals surface area contributed by atoms with Gasteiger partial charge in [0.1, 0.15) is 0 Å². The van der Waals surface area contributed by atoms with Crippen molar-refractivity contribution in [2.45, 2.75) is 0 Å². The van der Waals surface area contributed by atoms with Crippen LogP contribution < -0.4 is 8.18 Å². The van der Waals surface area contributed by atoms with E-state index in [1.165, 1.54) is 0 Å². The summed E-state index contributed by atoms with van der Waals surface area (Å²) < 4.78 is 0.933. The monoisotopic (exact) mass is 322 g/mol. The molecular weight excluding hydrogens is 317 g/mol. The van der Waals surface area contributed by atoms with Crippen LogP contribution in [0.3, 0.4) is 0 Å². The van der Waals surface area contributed by atoms with E-state index in [4.69, 9.17) is 0 Å². The van der Waals surface area contributed by atoms with Gasteiger partial charge in [-0.15, -0.1) is 0 Å². The molecule has 0 fully saturated rings. The van der Waals surface area contributed by atoms with Gasteiger partial charge in [-0.2, -0.15) is 0 Å². The van der Waals surface area contributed by atoms with Crippen LogP contribution in [0.1, 0.15) is 10.4 Å². The predicted molar refractivity (Wildman–Crippen MR) is 30.4 cm³/mol. The first-order chi connectivity index (χ1) is 4.72. The van der Waals surface area contributed by atoms with Crippen LogP contribution in [0.25, 0.3) is 0 Å². The third kappa shape index (κ3) is 1.56. The van der Waals surface area contributed by atoms with Crippen LogP contribution in [0.5, 0.6) is 0 Å². The number of rotatable bonds is 1. The van der Waals surface area contributed by atoms with Crippen molar-refractivity contribution in [2.75, 3.05) is 0 Å². The van der Waals surface area contributed by atoms with Crippen LogP contribution in [-0.2, 0) is 26.1 Å². The summed E-state index contributed by atoms with van der Waals surface area (Å²) in [7, 11) is 0. The number of carboxylic acids is 1. The van der Waals surface area contributed by atoms with Crippen LogP contribution in [0.4, 0.5) is 0 Å². The molecule has 0 aromatic heterocycles. The number of benzene rings is 1. The first kappa shape index (κ1) is 7.73. The summed E-state index contributed by atoms with van der Waals surface area (Å²) in [6.45, 7) is 0. The average molecular weight is 321 g/mol. The van der Waals surface area contributed by atoms with Crippen LogP contribution in [-0.4, -0.2) is 5.97 Å². The topological polar surface area (TPSA) is 40.1 Å². The van der Waals surface area contributed by atoms with Crippen molar-refractivity contribution in [2.24, 2.45) is 0 Å². The van der Waals surface area contributed by atoms with E-state index in [2.05, 4.69) is 0 Å². The molecule has 0 N–H and O–H groups in total. The van der Waals surface area contributed by atoms with Gasteiger partial charge in [-0.1, -0.05) is 0 Å². The van der Waals surface area contributed by atoms with Crippen molar-refractivity contribution >= 4 is 9.04 Å². The molecule has 1 aromatic carbocycles. The number of carboxylic acid groups (broad SMARTS) is 1. The Morgan fingerprint density at radius 3 is 2.40 bits per heavy atom. The Morgan fingerprint density at radius 1 is 1.40 bits per heavy atom. The Hall–Kier alpha value is -0.375. The SMILES string of the molecule is O=C([O-])c1cccc[c]1[Hg]. The summed E-state index contributed by atoms with van der Waals surface area (Å²) in [6.07, 6.45) is 0. The van der Waals surface area contributed by atoms with Gasteiger partial charge in [0.2, 0.25) is 0 Å². The molecular formula is C7H4HgO2-. The number of aromatic carboxylic acids is 1. The van der Waals surface area contributed by atoms with E-state index in [-0.39, 0.29) is 0 Å². The molecule has 0 amide bonds. The van der Waals surface area contributed by atoms with Gasteiger partial charge in [0, 0.05) is 0 Å². The minimum atomic E-state index is -1.06. The summed E-state index contributed by atoms with van der Waals surface area (Å²) in [6, 6.07) is 6.96. The molecule has 0 unspecified atom stereocenters. The molecule has 47 valence electrons. The van der Waals surface area contributed by atoms with E-state index < -0.39 is 5.97 Å². The average Bonchev–Trinajstić information content (AvgIpc) is 1.88. The number of carbonyl (C=O) groups excluding carboxylic acids is 1. The van der Waals surface area contributed by atoms with E-state index >= 15 is 0 Å². The Bertz CT molecular complexity index is 258. The Kier molecular flexibility index (Phi) is 2.43. The van der Waals surface area contributed by atoms with Gasteiger partial charge in [-0.05, 0) is 0 Å². The first-order valence-corrected chi connectivity index (χ1v) is 5.59. The molecule has 0 heterocycles. The fourth-order valence-electron chi connectivity index (χ4n) is 0.719. The zero-order chi connectivity index (χ0) is 7.56. The second kappa shape index (κ2) is 3.15. The molecule has 0 radical (unpaired) electrons. The summed E-state index contributed by atoms with van der Waals surface area (Å²) in [5, 5.41) is 10.3.